The molecule has 7 heteroatoms. The lowest BCUT2D eigenvalue weighted by atomic mass is 10.2. The second-order valence-corrected chi connectivity index (χ2v) is 6.78. The summed E-state index contributed by atoms with van der Waals surface area (Å²) in [6, 6.07) is 6.44. The van der Waals surface area contributed by atoms with Crippen LogP contribution in [0, 0.1) is 0 Å². The van der Waals surface area contributed by atoms with Crippen LogP contribution in [0.5, 0.6) is 5.75 Å². The average molecular weight is 325 g/mol. The molecule has 0 aromatic heterocycles. The monoisotopic (exact) mass is 325 g/mol. The Kier molecular flexibility index (Phi) is 5.20. The van der Waals surface area contributed by atoms with Gasteiger partial charge < -0.3 is 14.4 Å². The molecule has 120 valence electrons. The van der Waals surface area contributed by atoms with Gasteiger partial charge in [-0.3, -0.25) is 4.79 Å². The van der Waals surface area contributed by atoms with Gasteiger partial charge >= 0.3 is 0 Å². The summed E-state index contributed by atoms with van der Waals surface area (Å²) in [7, 11) is -1.83. The molecule has 0 spiro atoms. The van der Waals surface area contributed by atoms with E-state index in [1.54, 1.807) is 24.3 Å². The minimum Gasteiger partial charge on any atom is -0.494 e. The zero-order valence-corrected chi connectivity index (χ0v) is 13.4. The van der Waals surface area contributed by atoms with Crippen LogP contribution in [0.1, 0.15) is 6.92 Å². The van der Waals surface area contributed by atoms with Crippen LogP contribution in [0.15, 0.2) is 35.7 Å². The third-order valence-corrected chi connectivity index (χ3v) is 4.58. The number of carbonyl (C=O) groups is 1. The fourth-order valence-corrected chi connectivity index (χ4v) is 3.57. The molecule has 0 N–H and O–H groups in total. The number of hydrogen-bond donors (Lipinski definition) is 0. The van der Waals surface area contributed by atoms with Crippen molar-refractivity contribution in [3.8, 4) is 5.75 Å². The van der Waals surface area contributed by atoms with Gasteiger partial charge in [0.05, 0.1) is 18.4 Å². The van der Waals surface area contributed by atoms with Gasteiger partial charge in [-0.2, -0.15) is 0 Å². The molecule has 0 radical (unpaired) electrons. The third-order valence-electron chi connectivity index (χ3n) is 3.21. The third kappa shape index (κ3) is 3.86. The molecule has 1 amide bonds. The maximum Gasteiger partial charge on any atom is 0.253 e. The van der Waals surface area contributed by atoms with E-state index in [9.17, 15) is 13.2 Å². The Morgan fingerprint density at radius 1 is 1.32 bits per heavy atom. The largest absolute Gasteiger partial charge is 0.494 e. The van der Waals surface area contributed by atoms with E-state index < -0.39 is 15.9 Å². The number of carbonyl (C=O) groups excluding carboxylic acids is 1. The molecule has 0 bridgehead atoms. The maximum atomic E-state index is 12.3. The maximum absolute atomic E-state index is 12.3. The Hall–Kier alpha value is -1.86. The molecule has 6 nitrogen and oxygen atoms in total. The summed E-state index contributed by atoms with van der Waals surface area (Å²) < 4.78 is 33.5. The van der Waals surface area contributed by atoms with Crippen molar-refractivity contribution in [3.63, 3.8) is 0 Å². The summed E-state index contributed by atoms with van der Waals surface area (Å²) in [5.74, 6) is 0.286. The van der Waals surface area contributed by atoms with E-state index in [1.807, 2.05) is 6.92 Å². The standard InChI is InChI=1S/C15H19NO5S/c1-3-21-14-6-4-12(5-7-14)16(15(17)10-20-2)13-8-9-22(18,19)11-13/h4-9,13H,3,10-11H2,1-2H3/t13-/m0/s1. The summed E-state index contributed by atoms with van der Waals surface area (Å²) in [5.41, 5.74) is 0.609. The molecule has 0 aliphatic carbocycles. The van der Waals surface area contributed by atoms with Crippen LogP contribution in [-0.4, -0.2) is 46.4 Å². The first-order valence-electron chi connectivity index (χ1n) is 6.91. The van der Waals surface area contributed by atoms with Crippen molar-refractivity contribution in [1.29, 1.82) is 0 Å². The molecule has 1 aromatic rings. The van der Waals surface area contributed by atoms with Crippen molar-refractivity contribution in [3.05, 3.63) is 35.7 Å². The van der Waals surface area contributed by atoms with Crippen molar-refractivity contribution in [1.82, 2.24) is 0 Å². The van der Waals surface area contributed by atoms with E-state index in [0.29, 0.717) is 18.0 Å². The molecule has 1 aliphatic rings. The second kappa shape index (κ2) is 6.93. The number of methoxy groups -OCH3 is 1. The molecule has 2 rings (SSSR count). The van der Waals surface area contributed by atoms with Gasteiger partial charge in [-0.05, 0) is 37.3 Å². The summed E-state index contributed by atoms with van der Waals surface area (Å²) in [6.45, 7) is 2.32. The summed E-state index contributed by atoms with van der Waals surface area (Å²) in [6.07, 6.45) is 1.53. The molecule has 22 heavy (non-hydrogen) atoms. The summed E-state index contributed by atoms with van der Waals surface area (Å²) in [4.78, 5) is 13.7. The predicted molar refractivity (Wildman–Crippen MR) is 83.7 cm³/mol. The molecule has 1 atom stereocenters. The summed E-state index contributed by atoms with van der Waals surface area (Å²) in [5, 5.41) is 1.15. The first kappa shape index (κ1) is 16.5. The number of anilines is 1. The van der Waals surface area contributed by atoms with Crippen LogP contribution in [-0.2, 0) is 19.4 Å². The quantitative estimate of drug-likeness (QED) is 0.790. The Labute approximate surface area is 130 Å². The van der Waals surface area contributed by atoms with E-state index in [1.165, 1.54) is 18.1 Å². The SMILES string of the molecule is CCOc1ccc(N(C(=O)COC)[C@H]2C=CS(=O)(=O)C2)cc1. The van der Waals surface area contributed by atoms with Crippen LogP contribution in [0.3, 0.4) is 0 Å². The van der Waals surface area contributed by atoms with Crippen LogP contribution in [0.25, 0.3) is 0 Å². The fourth-order valence-electron chi connectivity index (χ4n) is 2.30. The van der Waals surface area contributed by atoms with Crippen molar-refractivity contribution in [2.45, 2.75) is 13.0 Å². The first-order valence-corrected chi connectivity index (χ1v) is 8.63. The topological polar surface area (TPSA) is 72.9 Å². The smallest absolute Gasteiger partial charge is 0.253 e. The second-order valence-electron chi connectivity index (χ2n) is 4.85. The number of rotatable bonds is 6. The Bertz CT molecular complexity index is 651. The number of hydrogen-bond acceptors (Lipinski definition) is 5. The highest BCUT2D eigenvalue weighted by Gasteiger charge is 2.31. The zero-order chi connectivity index (χ0) is 16.2. The highest BCUT2D eigenvalue weighted by atomic mass is 32.2. The van der Waals surface area contributed by atoms with E-state index in [0.717, 1.165) is 5.41 Å². The first-order chi connectivity index (χ1) is 10.5. The Balaban J connectivity index is 2.28. The highest BCUT2D eigenvalue weighted by Crippen LogP contribution is 2.25. The fraction of sp³-hybridized carbons (Fsp3) is 0.400. The van der Waals surface area contributed by atoms with Gasteiger partial charge in [0.15, 0.2) is 9.84 Å². The van der Waals surface area contributed by atoms with Gasteiger partial charge in [0.1, 0.15) is 12.4 Å². The van der Waals surface area contributed by atoms with Gasteiger partial charge in [0, 0.05) is 18.2 Å². The molecule has 1 aromatic carbocycles. The average Bonchev–Trinajstić information content (AvgIpc) is 2.82. The number of nitrogens with zero attached hydrogens (tertiary/aromatic N) is 1. The van der Waals surface area contributed by atoms with E-state index in [2.05, 4.69) is 0 Å². The number of ether oxygens (including phenoxy) is 2. The van der Waals surface area contributed by atoms with Gasteiger partial charge in [-0.15, -0.1) is 0 Å². The molecule has 0 unspecified atom stereocenters. The van der Waals surface area contributed by atoms with Crippen molar-refractivity contribution >= 4 is 21.4 Å². The number of amides is 1. The molecule has 0 fully saturated rings. The van der Waals surface area contributed by atoms with Crippen molar-refractivity contribution in [2.24, 2.45) is 0 Å². The minimum atomic E-state index is -3.25. The number of sulfone groups is 1. The van der Waals surface area contributed by atoms with Gasteiger partial charge in [0.2, 0.25) is 0 Å². The highest BCUT2D eigenvalue weighted by molar-refractivity contribution is 7.94. The zero-order valence-electron chi connectivity index (χ0n) is 12.6. The van der Waals surface area contributed by atoms with Gasteiger partial charge in [-0.25, -0.2) is 8.42 Å². The lowest BCUT2D eigenvalue weighted by Gasteiger charge is -2.27. The summed E-state index contributed by atoms with van der Waals surface area (Å²) >= 11 is 0. The molecular weight excluding hydrogens is 306 g/mol. The van der Waals surface area contributed by atoms with Gasteiger partial charge in [0.25, 0.3) is 5.91 Å². The molecule has 0 saturated carbocycles. The molecule has 1 aliphatic heterocycles. The van der Waals surface area contributed by atoms with Gasteiger partial charge in [-0.1, -0.05) is 0 Å². The van der Waals surface area contributed by atoms with Crippen molar-refractivity contribution in [2.75, 3.05) is 31.0 Å². The van der Waals surface area contributed by atoms with Crippen LogP contribution in [0.2, 0.25) is 0 Å². The van der Waals surface area contributed by atoms with Crippen LogP contribution < -0.4 is 9.64 Å². The lowest BCUT2D eigenvalue weighted by Crippen LogP contribution is -2.43. The predicted octanol–water partition coefficient (Wildman–Crippen LogP) is 1.38. The van der Waals surface area contributed by atoms with E-state index in [-0.39, 0.29) is 18.3 Å². The Morgan fingerprint density at radius 3 is 2.50 bits per heavy atom. The van der Waals surface area contributed by atoms with Crippen LogP contribution >= 0.6 is 0 Å². The lowest BCUT2D eigenvalue weighted by molar-refractivity contribution is -0.122. The minimum absolute atomic E-state index is 0.113. The van der Waals surface area contributed by atoms with E-state index in [4.69, 9.17) is 9.47 Å². The number of benzene rings is 1. The molecule has 1 heterocycles. The Morgan fingerprint density at radius 2 is 2.00 bits per heavy atom. The normalized spacial score (nSPS) is 19.1. The van der Waals surface area contributed by atoms with Crippen LogP contribution in [0.4, 0.5) is 5.69 Å². The van der Waals surface area contributed by atoms with Crippen molar-refractivity contribution < 1.29 is 22.7 Å². The van der Waals surface area contributed by atoms with E-state index >= 15 is 0 Å². The molecular formula is C15H19NO5S. The molecule has 0 saturated heterocycles.